The lowest BCUT2D eigenvalue weighted by atomic mass is 9.97. The van der Waals surface area contributed by atoms with Crippen molar-refractivity contribution in [1.29, 1.82) is 0 Å². The van der Waals surface area contributed by atoms with Gasteiger partial charge < -0.3 is 10.1 Å². The Hall–Kier alpha value is -2.62. The van der Waals surface area contributed by atoms with Gasteiger partial charge in [0.1, 0.15) is 16.5 Å². The number of nitrogens with zero attached hydrogens (tertiary/aromatic N) is 6. The first-order valence-corrected chi connectivity index (χ1v) is 11.8. The summed E-state index contributed by atoms with van der Waals surface area (Å²) < 4.78 is 7.51. The van der Waals surface area contributed by atoms with E-state index in [1.165, 1.54) is 28.7 Å². The van der Waals surface area contributed by atoms with E-state index in [4.69, 9.17) is 14.7 Å². The van der Waals surface area contributed by atoms with E-state index in [1.807, 2.05) is 40.1 Å². The maximum absolute atomic E-state index is 5.49. The standard InChI is InChI=1S/C22H25N7OS/c1-2-6-16-15(5-1)20-21(23-13-19-27-26-18-7-3-4-8-29(18)19)24-17(25-22(20)31-16)14-28-9-11-30-12-10-28/h3-4,7-8H,1-2,5-6,9-14H2,(H,23,24,25). The zero-order chi connectivity index (χ0) is 20.6. The predicted molar refractivity (Wildman–Crippen MR) is 120 cm³/mol. The average Bonchev–Trinajstić information content (AvgIpc) is 3.39. The fourth-order valence-corrected chi connectivity index (χ4v) is 5.81. The van der Waals surface area contributed by atoms with E-state index >= 15 is 0 Å². The first kappa shape index (κ1) is 19.1. The topological polar surface area (TPSA) is 80.5 Å². The number of aryl methyl sites for hydroxylation is 2. The Morgan fingerprint density at radius 3 is 2.90 bits per heavy atom. The highest BCUT2D eigenvalue weighted by molar-refractivity contribution is 7.19. The lowest BCUT2D eigenvalue weighted by Gasteiger charge is -2.25. The van der Waals surface area contributed by atoms with E-state index in [2.05, 4.69) is 20.4 Å². The number of nitrogens with one attached hydrogen (secondary N) is 1. The second kappa shape index (κ2) is 8.14. The molecule has 4 aromatic heterocycles. The Kier molecular flexibility index (Phi) is 5.01. The summed E-state index contributed by atoms with van der Waals surface area (Å²) >= 11 is 1.85. The summed E-state index contributed by atoms with van der Waals surface area (Å²) in [5.74, 6) is 2.68. The van der Waals surface area contributed by atoms with Gasteiger partial charge in [0.05, 0.1) is 31.7 Å². The summed E-state index contributed by atoms with van der Waals surface area (Å²) in [7, 11) is 0. The van der Waals surface area contributed by atoms with E-state index in [1.54, 1.807) is 0 Å². The summed E-state index contributed by atoms with van der Waals surface area (Å²) in [4.78, 5) is 14.9. The Bertz CT molecular complexity index is 1230. The SMILES string of the molecule is c1ccn2c(CNc3nc(CN4CCOCC4)nc4sc5c(c34)CCCC5)nnc2c1. The third-order valence-electron chi connectivity index (χ3n) is 6.13. The Labute approximate surface area is 184 Å². The van der Waals surface area contributed by atoms with Gasteiger partial charge in [-0.25, -0.2) is 9.97 Å². The van der Waals surface area contributed by atoms with Gasteiger partial charge >= 0.3 is 0 Å². The molecule has 0 bridgehead atoms. The molecule has 0 saturated carbocycles. The van der Waals surface area contributed by atoms with Crippen molar-refractivity contribution in [2.24, 2.45) is 0 Å². The minimum absolute atomic E-state index is 0.568. The van der Waals surface area contributed by atoms with Crippen molar-refractivity contribution in [2.45, 2.75) is 38.8 Å². The number of anilines is 1. The normalized spacial score (nSPS) is 17.3. The highest BCUT2D eigenvalue weighted by Crippen LogP contribution is 2.38. The molecular weight excluding hydrogens is 410 g/mol. The number of ether oxygens (including phenoxy) is 1. The van der Waals surface area contributed by atoms with Crippen LogP contribution in [0.5, 0.6) is 0 Å². The first-order valence-electron chi connectivity index (χ1n) is 11.0. The minimum atomic E-state index is 0.568. The molecule has 0 amide bonds. The van der Waals surface area contributed by atoms with Crippen LogP contribution in [0.3, 0.4) is 0 Å². The van der Waals surface area contributed by atoms with E-state index in [-0.39, 0.29) is 0 Å². The molecule has 9 heteroatoms. The molecule has 1 aliphatic carbocycles. The Balaban J connectivity index is 1.36. The van der Waals surface area contributed by atoms with Gasteiger partial charge in [0.25, 0.3) is 0 Å². The van der Waals surface area contributed by atoms with Crippen LogP contribution >= 0.6 is 11.3 Å². The van der Waals surface area contributed by atoms with Crippen molar-refractivity contribution in [3.63, 3.8) is 0 Å². The van der Waals surface area contributed by atoms with Crippen LogP contribution in [0.4, 0.5) is 5.82 Å². The fraction of sp³-hybridized carbons (Fsp3) is 0.455. The lowest BCUT2D eigenvalue weighted by molar-refractivity contribution is 0.0331. The maximum atomic E-state index is 5.49. The second-order valence-corrected chi connectivity index (χ2v) is 9.25. The largest absolute Gasteiger partial charge is 0.379 e. The third kappa shape index (κ3) is 3.66. The van der Waals surface area contributed by atoms with Crippen LogP contribution in [0, 0.1) is 0 Å². The molecule has 1 N–H and O–H groups in total. The summed E-state index contributed by atoms with van der Waals surface area (Å²) in [6, 6.07) is 5.94. The molecule has 31 heavy (non-hydrogen) atoms. The molecule has 160 valence electrons. The number of pyridine rings is 1. The van der Waals surface area contributed by atoms with Gasteiger partial charge in [-0.15, -0.1) is 21.5 Å². The number of hydrogen-bond acceptors (Lipinski definition) is 8. The van der Waals surface area contributed by atoms with Crippen LogP contribution < -0.4 is 5.32 Å². The molecule has 8 nitrogen and oxygen atoms in total. The molecule has 1 fully saturated rings. The highest BCUT2D eigenvalue weighted by atomic mass is 32.1. The number of hydrogen-bond donors (Lipinski definition) is 1. The van der Waals surface area contributed by atoms with Gasteiger partial charge in [-0.2, -0.15) is 0 Å². The molecule has 4 aromatic rings. The number of aromatic nitrogens is 5. The van der Waals surface area contributed by atoms with E-state index in [0.29, 0.717) is 6.54 Å². The lowest BCUT2D eigenvalue weighted by Crippen LogP contribution is -2.36. The van der Waals surface area contributed by atoms with Gasteiger partial charge in [0.2, 0.25) is 0 Å². The molecule has 1 aliphatic heterocycles. The number of morpholine rings is 1. The van der Waals surface area contributed by atoms with Crippen molar-refractivity contribution in [2.75, 3.05) is 31.6 Å². The third-order valence-corrected chi connectivity index (χ3v) is 7.31. The summed E-state index contributed by atoms with van der Waals surface area (Å²) in [5, 5.41) is 13.4. The highest BCUT2D eigenvalue weighted by Gasteiger charge is 2.22. The molecule has 1 saturated heterocycles. The summed E-state index contributed by atoms with van der Waals surface area (Å²) in [6.07, 6.45) is 6.77. The zero-order valence-corrected chi connectivity index (χ0v) is 18.2. The van der Waals surface area contributed by atoms with E-state index < -0.39 is 0 Å². The monoisotopic (exact) mass is 435 g/mol. The van der Waals surface area contributed by atoms with Crippen LogP contribution in [0.25, 0.3) is 15.9 Å². The molecule has 5 heterocycles. The molecule has 0 aromatic carbocycles. The predicted octanol–water partition coefficient (Wildman–Crippen LogP) is 3.06. The maximum Gasteiger partial charge on any atom is 0.160 e. The molecule has 2 aliphatic rings. The summed E-state index contributed by atoms with van der Waals surface area (Å²) in [6.45, 7) is 4.73. The molecule has 6 rings (SSSR count). The van der Waals surface area contributed by atoms with Crippen LogP contribution in [-0.2, 0) is 30.7 Å². The van der Waals surface area contributed by atoms with Gasteiger partial charge in [-0.05, 0) is 43.4 Å². The van der Waals surface area contributed by atoms with Gasteiger partial charge in [0.15, 0.2) is 11.5 Å². The minimum Gasteiger partial charge on any atom is -0.379 e. The Morgan fingerprint density at radius 1 is 1.06 bits per heavy atom. The average molecular weight is 436 g/mol. The van der Waals surface area contributed by atoms with Crippen molar-refractivity contribution < 1.29 is 4.74 Å². The van der Waals surface area contributed by atoms with Crippen LogP contribution in [0.2, 0.25) is 0 Å². The van der Waals surface area contributed by atoms with E-state index in [0.717, 1.165) is 73.6 Å². The molecular formula is C22H25N7OS. The number of thiophene rings is 1. The molecule has 0 atom stereocenters. The van der Waals surface area contributed by atoms with E-state index in [9.17, 15) is 0 Å². The quantitative estimate of drug-likeness (QED) is 0.516. The van der Waals surface area contributed by atoms with Crippen LogP contribution in [0.15, 0.2) is 24.4 Å². The van der Waals surface area contributed by atoms with Crippen molar-refractivity contribution in [3.05, 3.63) is 46.5 Å². The zero-order valence-electron chi connectivity index (χ0n) is 17.4. The van der Waals surface area contributed by atoms with Gasteiger partial charge in [-0.1, -0.05) is 6.07 Å². The number of fused-ring (bicyclic) bond motifs is 4. The number of rotatable bonds is 5. The van der Waals surface area contributed by atoms with Crippen molar-refractivity contribution >= 4 is 33.0 Å². The van der Waals surface area contributed by atoms with Crippen molar-refractivity contribution in [3.8, 4) is 0 Å². The second-order valence-electron chi connectivity index (χ2n) is 8.17. The first-order chi connectivity index (χ1) is 15.3. The summed E-state index contributed by atoms with van der Waals surface area (Å²) in [5.41, 5.74) is 2.30. The fourth-order valence-electron chi connectivity index (χ4n) is 4.53. The van der Waals surface area contributed by atoms with Gasteiger partial charge in [-0.3, -0.25) is 9.30 Å². The smallest absolute Gasteiger partial charge is 0.160 e. The van der Waals surface area contributed by atoms with Crippen molar-refractivity contribution in [1.82, 2.24) is 29.5 Å². The molecule has 0 radical (unpaired) electrons. The Morgan fingerprint density at radius 2 is 1.97 bits per heavy atom. The van der Waals surface area contributed by atoms with Gasteiger partial charge in [0, 0.05) is 24.2 Å². The van der Waals surface area contributed by atoms with Crippen LogP contribution in [0.1, 0.15) is 34.9 Å². The molecule has 0 unspecified atom stereocenters. The van der Waals surface area contributed by atoms with Crippen LogP contribution in [-0.4, -0.2) is 55.8 Å². The molecule has 0 spiro atoms.